The van der Waals surface area contributed by atoms with E-state index in [9.17, 15) is 0 Å². The summed E-state index contributed by atoms with van der Waals surface area (Å²) in [5.41, 5.74) is 1.38. The van der Waals surface area contributed by atoms with Crippen molar-refractivity contribution in [3.63, 3.8) is 0 Å². The minimum Gasteiger partial charge on any atom is -0.494 e. The lowest BCUT2D eigenvalue weighted by Crippen LogP contribution is -2.48. The van der Waals surface area contributed by atoms with Crippen LogP contribution in [0.3, 0.4) is 0 Å². The molecule has 0 spiro atoms. The fourth-order valence-electron chi connectivity index (χ4n) is 2.74. The molecule has 1 aliphatic rings. The number of piperazine rings is 1. The van der Waals surface area contributed by atoms with Gasteiger partial charge in [-0.2, -0.15) is 0 Å². The molecule has 0 amide bonds. The van der Waals surface area contributed by atoms with Gasteiger partial charge in [0.15, 0.2) is 0 Å². The average molecular weight is 276 g/mol. The van der Waals surface area contributed by atoms with Gasteiger partial charge in [-0.1, -0.05) is 19.1 Å². The Kier molecular flexibility index (Phi) is 5.86. The van der Waals surface area contributed by atoms with E-state index in [2.05, 4.69) is 47.9 Å². The lowest BCUT2D eigenvalue weighted by Gasteiger charge is -2.37. The number of hydrogen-bond donors (Lipinski definition) is 0. The predicted octanol–water partition coefficient (Wildman–Crippen LogP) is 3.00. The maximum atomic E-state index is 5.48. The molecule has 3 nitrogen and oxygen atoms in total. The summed E-state index contributed by atoms with van der Waals surface area (Å²) in [5, 5.41) is 0. The lowest BCUT2D eigenvalue weighted by atomic mass is 10.1. The van der Waals surface area contributed by atoms with Crippen LogP contribution in [0.1, 0.15) is 32.8 Å². The first kappa shape index (κ1) is 15.3. The average Bonchev–Trinajstić information content (AvgIpc) is 2.49. The molecule has 1 atom stereocenters. The van der Waals surface area contributed by atoms with E-state index in [1.54, 1.807) is 0 Å². The molecule has 112 valence electrons. The van der Waals surface area contributed by atoms with Gasteiger partial charge in [-0.3, -0.25) is 9.80 Å². The van der Waals surface area contributed by atoms with Crippen LogP contribution in [-0.2, 0) is 6.54 Å². The summed E-state index contributed by atoms with van der Waals surface area (Å²) < 4.78 is 5.48. The summed E-state index contributed by atoms with van der Waals surface area (Å²) in [4.78, 5) is 5.16. The van der Waals surface area contributed by atoms with E-state index >= 15 is 0 Å². The van der Waals surface area contributed by atoms with Crippen LogP contribution >= 0.6 is 0 Å². The standard InChI is InChI=1S/C17H28N2O/c1-4-15(3)19-12-10-18(11-13-19)14-16-6-8-17(9-7-16)20-5-2/h6-9,15H,4-5,10-14H2,1-3H3. The van der Waals surface area contributed by atoms with Crippen LogP contribution < -0.4 is 4.74 Å². The molecule has 1 unspecified atom stereocenters. The van der Waals surface area contributed by atoms with Gasteiger partial charge in [0.1, 0.15) is 5.75 Å². The third-order valence-electron chi connectivity index (χ3n) is 4.26. The molecule has 1 aliphatic heterocycles. The van der Waals surface area contributed by atoms with Gasteiger partial charge in [-0.15, -0.1) is 0 Å². The zero-order valence-corrected chi connectivity index (χ0v) is 13.1. The summed E-state index contributed by atoms with van der Waals surface area (Å²) in [6, 6.07) is 9.25. The Morgan fingerprint density at radius 1 is 1.05 bits per heavy atom. The zero-order valence-electron chi connectivity index (χ0n) is 13.1. The molecule has 2 rings (SSSR count). The lowest BCUT2D eigenvalue weighted by molar-refractivity contribution is 0.0963. The van der Waals surface area contributed by atoms with Crippen molar-refractivity contribution in [1.82, 2.24) is 9.80 Å². The molecule has 0 radical (unpaired) electrons. The van der Waals surface area contributed by atoms with E-state index in [-0.39, 0.29) is 0 Å². The summed E-state index contributed by atoms with van der Waals surface area (Å²) >= 11 is 0. The Hall–Kier alpha value is -1.06. The maximum Gasteiger partial charge on any atom is 0.119 e. The molecule has 1 saturated heterocycles. The second-order valence-electron chi connectivity index (χ2n) is 5.65. The molecule has 0 aromatic heterocycles. The van der Waals surface area contributed by atoms with Gasteiger partial charge in [-0.25, -0.2) is 0 Å². The third-order valence-corrected chi connectivity index (χ3v) is 4.26. The van der Waals surface area contributed by atoms with Crippen LogP contribution in [0.25, 0.3) is 0 Å². The predicted molar refractivity (Wildman–Crippen MR) is 84.2 cm³/mol. The van der Waals surface area contributed by atoms with Crippen molar-refractivity contribution in [3.8, 4) is 5.75 Å². The van der Waals surface area contributed by atoms with Gasteiger partial charge < -0.3 is 4.74 Å². The largest absolute Gasteiger partial charge is 0.494 e. The van der Waals surface area contributed by atoms with Crippen molar-refractivity contribution in [2.45, 2.75) is 39.8 Å². The second-order valence-corrected chi connectivity index (χ2v) is 5.65. The molecule has 3 heteroatoms. The number of rotatable bonds is 6. The van der Waals surface area contributed by atoms with Crippen LogP contribution in [0.15, 0.2) is 24.3 Å². The number of nitrogens with zero attached hydrogens (tertiary/aromatic N) is 2. The minimum atomic E-state index is 0.725. The highest BCUT2D eigenvalue weighted by Crippen LogP contribution is 2.15. The van der Waals surface area contributed by atoms with Gasteiger partial charge in [0, 0.05) is 38.8 Å². The van der Waals surface area contributed by atoms with E-state index in [0.717, 1.165) is 24.9 Å². The third kappa shape index (κ3) is 4.22. The Bertz CT molecular complexity index is 382. The second kappa shape index (κ2) is 7.65. The van der Waals surface area contributed by atoms with Crippen molar-refractivity contribution in [2.24, 2.45) is 0 Å². The van der Waals surface area contributed by atoms with Crippen LogP contribution in [-0.4, -0.2) is 48.6 Å². The molecule has 0 bridgehead atoms. The molecule has 20 heavy (non-hydrogen) atoms. The van der Waals surface area contributed by atoms with E-state index in [1.807, 2.05) is 6.92 Å². The topological polar surface area (TPSA) is 15.7 Å². The number of hydrogen-bond acceptors (Lipinski definition) is 3. The highest BCUT2D eigenvalue weighted by molar-refractivity contribution is 5.27. The molecule has 0 aliphatic carbocycles. The summed E-state index contributed by atoms with van der Waals surface area (Å²) in [6.45, 7) is 13.2. The van der Waals surface area contributed by atoms with Gasteiger partial charge >= 0.3 is 0 Å². The Morgan fingerprint density at radius 3 is 2.25 bits per heavy atom. The fourth-order valence-corrected chi connectivity index (χ4v) is 2.74. The molecular weight excluding hydrogens is 248 g/mol. The van der Waals surface area contributed by atoms with E-state index < -0.39 is 0 Å². The number of ether oxygens (including phenoxy) is 1. The van der Waals surface area contributed by atoms with Crippen LogP contribution in [0.2, 0.25) is 0 Å². The van der Waals surface area contributed by atoms with Crippen LogP contribution in [0, 0.1) is 0 Å². The first-order chi connectivity index (χ1) is 9.72. The fraction of sp³-hybridized carbons (Fsp3) is 0.647. The Balaban J connectivity index is 1.80. The first-order valence-corrected chi connectivity index (χ1v) is 7.91. The Labute approximate surface area is 123 Å². The first-order valence-electron chi connectivity index (χ1n) is 7.91. The summed E-state index contributed by atoms with van der Waals surface area (Å²) in [5.74, 6) is 0.970. The highest BCUT2D eigenvalue weighted by atomic mass is 16.5. The molecule has 1 heterocycles. The van der Waals surface area contributed by atoms with Gasteiger partial charge in [-0.05, 0) is 38.0 Å². The van der Waals surface area contributed by atoms with Crippen molar-refractivity contribution in [3.05, 3.63) is 29.8 Å². The normalized spacial score (nSPS) is 18.9. The number of benzene rings is 1. The van der Waals surface area contributed by atoms with Gasteiger partial charge in [0.05, 0.1) is 6.61 Å². The zero-order chi connectivity index (χ0) is 14.4. The van der Waals surface area contributed by atoms with Gasteiger partial charge in [0.25, 0.3) is 0 Å². The molecule has 1 fully saturated rings. The van der Waals surface area contributed by atoms with Crippen LogP contribution in [0.4, 0.5) is 0 Å². The van der Waals surface area contributed by atoms with E-state index in [0.29, 0.717) is 0 Å². The Morgan fingerprint density at radius 2 is 1.70 bits per heavy atom. The summed E-state index contributed by atoms with van der Waals surface area (Å²) in [6.07, 6.45) is 1.25. The van der Waals surface area contributed by atoms with E-state index in [1.165, 1.54) is 38.2 Å². The monoisotopic (exact) mass is 276 g/mol. The highest BCUT2D eigenvalue weighted by Gasteiger charge is 2.19. The van der Waals surface area contributed by atoms with Crippen LogP contribution in [0.5, 0.6) is 5.75 Å². The van der Waals surface area contributed by atoms with Gasteiger partial charge in [0.2, 0.25) is 0 Å². The molecule has 0 N–H and O–H groups in total. The molecule has 0 saturated carbocycles. The SMILES string of the molecule is CCOc1ccc(CN2CCN(C(C)CC)CC2)cc1. The van der Waals surface area contributed by atoms with E-state index in [4.69, 9.17) is 4.74 Å². The van der Waals surface area contributed by atoms with Crippen molar-refractivity contribution in [2.75, 3.05) is 32.8 Å². The van der Waals surface area contributed by atoms with Crippen molar-refractivity contribution >= 4 is 0 Å². The molecular formula is C17H28N2O. The molecule has 1 aromatic carbocycles. The quantitative estimate of drug-likeness (QED) is 0.794. The maximum absolute atomic E-state index is 5.48. The smallest absolute Gasteiger partial charge is 0.119 e. The van der Waals surface area contributed by atoms with Crippen molar-refractivity contribution < 1.29 is 4.74 Å². The molecule has 1 aromatic rings. The summed E-state index contributed by atoms with van der Waals surface area (Å²) in [7, 11) is 0. The minimum absolute atomic E-state index is 0.725. The van der Waals surface area contributed by atoms with Crippen molar-refractivity contribution in [1.29, 1.82) is 0 Å².